The summed E-state index contributed by atoms with van der Waals surface area (Å²) in [5, 5.41) is 4.54. The van der Waals surface area contributed by atoms with Gasteiger partial charge >= 0.3 is 0 Å². The monoisotopic (exact) mass is 353 g/mol. The standard InChI is InChI=1S/C15H19N3O3S2/c1-18(23(20,21)15-5-3-11-22-15)10-2-4-14(19)17-12-13-6-8-16-9-7-13/h3,5-9,11H,2,4,10,12H2,1H3,(H,17,19). The molecule has 0 aliphatic carbocycles. The van der Waals surface area contributed by atoms with E-state index in [1.54, 1.807) is 29.9 Å². The molecule has 0 bridgehead atoms. The number of rotatable bonds is 8. The largest absolute Gasteiger partial charge is 0.352 e. The van der Waals surface area contributed by atoms with Crippen LogP contribution in [0, 0.1) is 0 Å². The fourth-order valence-electron chi connectivity index (χ4n) is 1.94. The Balaban J connectivity index is 1.73. The summed E-state index contributed by atoms with van der Waals surface area (Å²) in [5.74, 6) is -0.0938. The number of hydrogen-bond acceptors (Lipinski definition) is 5. The van der Waals surface area contributed by atoms with Crippen molar-refractivity contribution < 1.29 is 13.2 Å². The van der Waals surface area contributed by atoms with Crippen molar-refractivity contribution in [2.75, 3.05) is 13.6 Å². The number of pyridine rings is 1. The highest BCUT2D eigenvalue weighted by Crippen LogP contribution is 2.19. The molecule has 2 aromatic rings. The molecule has 0 radical (unpaired) electrons. The Labute approximate surface area is 140 Å². The fraction of sp³-hybridized carbons (Fsp3) is 0.333. The number of carbonyl (C=O) groups excluding carboxylic acids is 1. The van der Waals surface area contributed by atoms with Crippen LogP contribution in [0.5, 0.6) is 0 Å². The highest BCUT2D eigenvalue weighted by Gasteiger charge is 2.21. The van der Waals surface area contributed by atoms with Crippen LogP contribution in [0.4, 0.5) is 0 Å². The first-order valence-electron chi connectivity index (χ1n) is 7.15. The Bertz CT molecular complexity index is 716. The number of hydrogen-bond donors (Lipinski definition) is 1. The zero-order valence-electron chi connectivity index (χ0n) is 12.8. The summed E-state index contributed by atoms with van der Waals surface area (Å²) < 4.78 is 26.0. The highest BCUT2D eigenvalue weighted by molar-refractivity contribution is 7.91. The molecule has 0 saturated carbocycles. The first kappa shape index (κ1) is 17.6. The van der Waals surface area contributed by atoms with E-state index in [1.807, 2.05) is 12.1 Å². The summed E-state index contributed by atoms with van der Waals surface area (Å²) in [6, 6.07) is 6.96. The lowest BCUT2D eigenvalue weighted by Crippen LogP contribution is -2.29. The minimum Gasteiger partial charge on any atom is -0.352 e. The number of nitrogens with zero attached hydrogens (tertiary/aromatic N) is 2. The lowest BCUT2D eigenvalue weighted by molar-refractivity contribution is -0.121. The maximum absolute atomic E-state index is 12.2. The molecule has 0 aliphatic heterocycles. The Kier molecular flexibility index (Phi) is 6.26. The molecule has 6 nitrogen and oxygen atoms in total. The topological polar surface area (TPSA) is 79.4 Å². The van der Waals surface area contributed by atoms with Crippen LogP contribution in [0.1, 0.15) is 18.4 Å². The summed E-state index contributed by atoms with van der Waals surface area (Å²) in [4.78, 5) is 15.7. The van der Waals surface area contributed by atoms with E-state index < -0.39 is 10.0 Å². The van der Waals surface area contributed by atoms with Gasteiger partial charge in [0.05, 0.1) is 0 Å². The predicted octanol–water partition coefficient (Wildman–Crippen LogP) is 1.86. The molecule has 124 valence electrons. The minimum absolute atomic E-state index is 0.0938. The number of nitrogens with one attached hydrogen (secondary N) is 1. The van der Waals surface area contributed by atoms with Crippen LogP contribution in [0.2, 0.25) is 0 Å². The van der Waals surface area contributed by atoms with Gasteiger partial charge in [-0.1, -0.05) is 6.07 Å². The normalized spacial score (nSPS) is 11.6. The van der Waals surface area contributed by atoms with Gasteiger partial charge in [-0.05, 0) is 35.6 Å². The second kappa shape index (κ2) is 8.19. The maximum Gasteiger partial charge on any atom is 0.252 e. The van der Waals surface area contributed by atoms with E-state index >= 15 is 0 Å². The number of amides is 1. The molecule has 0 unspecified atom stereocenters. The Morgan fingerprint density at radius 2 is 2.04 bits per heavy atom. The average molecular weight is 353 g/mol. The summed E-state index contributed by atoms with van der Waals surface area (Å²) in [7, 11) is -1.90. The Hall–Kier alpha value is -1.77. The van der Waals surface area contributed by atoms with Gasteiger partial charge in [0.1, 0.15) is 4.21 Å². The van der Waals surface area contributed by atoms with Crippen LogP contribution >= 0.6 is 11.3 Å². The predicted molar refractivity (Wildman–Crippen MR) is 89.5 cm³/mol. The van der Waals surface area contributed by atoms with Crippen molar-refractivity contribution in [1.29, 1.82) is 0 Å². The van der Waals surface area contributed by atoms with Crippen LogP contribution in [0.25, 0.3) is 0 Å². The van der Waals surface area contributed by atoms with E-state index in [-0.39, 0.29) is 12.3 Å². The third-order valence-electron chi connectivity index (χ3n) is 3.28. The van der Waals surface area contributed by atoms with Gasteiger partial charge in [-0.2, -0.15) is 0 Å². The molecule has 23 heavy (non-hydrogen) atoms. The molecule has 0 aliphatic rings. The Morgan fingerprint density at radius 3 is 2.70 bits per heavy atom. The molecule has 0 aromatic carbocycles. The van der Waals surface area contributed by atoms with Crippen LogP contribution in [-0.4, -0.2) is 37.2 Å². The summed E-state index contributed by atoms with van der Waals surface area (Å²) in [6.07, 6.45) is 4.11. The van der Waals surface area contributed by atoms with E-state index in [4.69, 9.17) is 0 Å². The summed E-state index contributed by atoms with van der Waals surface area (Å²) in [6.45, 7) is 0.758. The Morgan fingerprint density at radius 1 is 1.30 bits per heavy atom. The van der Waals surface area contributed by atoms with E-state index in [0.29, 0.717) is 23.7 Å². The van der Waals surface area contributed by atoms with Crippen LogP contribution in [0.15, 0.2) is 46.2 Å². The molecule has 0 fully saturated rings. The van der Waals surface area contributed by atoms with Gasteiger partial charge in [0.2, 0.25) is 5.91 Å². The quantitative estimate of drug-likeness (QED) is 0.786. The van der Waals surface area contributed by atoms with E-state index in [2.05, 4.69) is 10.3 Å². The highest BCUT2D eigenvalue weighted by atomic mass is 32.2. The minimum atomic E-state index is -3.44. The molecule has 0 spiro atoms. The molecule has 8 heteroatoms. The van der Waals surface area contributed by atoms with E-state index in [9.17, 15) is 13.2 Å². The van der Waals surface area contributed by atoms with Crippen molar-refractivity contribution >= 4 is 27.3 Å². The van der Waals surface area contributed by atoms with Crippen molar-refractivity contribution in [3.05, 3.63) is 47.6 Å². The molecule has 0 atom stereocenters. The number of aromatic nitrogens is 1. The average Bonchev–Trinajstić information content (AvgIpc) is 3.09. The lowest BCUT2D eigenvalue weighted by Gasteiger charge is -2.15. The fourth-order valence-corrected chi connectivity index (χ4v) is 4.35. The third-order valence-corrected chi connectivity index (χ3v) is 6.51. The van der Waals surface area contributed by atoms with Crippen LogP contribution < -0.4 is 5.32 Å². The van der Waals surface area contributed by atoms with Crippen LogP contribution in [-0.2, 0) is 21.4 Å². The van der Waals surface area contributed by atoms with Crippen molar-refractivity contribution in [3.63, 3.8) is 0 Å². The molecule has 2 heterocycles. The zero-order valence-corrected chi connectivity index (χ0v) is 14.4. The lowest BCUT2D eigenvalue weighted by atomic mass is 10.2. The van der Waals surface area contributed by atoms with E-state index in [1.165, 1.54) is 22.7 Å². The number of sulfonamides is 1. The van der Waals surface area contributed by atoms with Crippen molar-refractivity contribution in [3.8, 4) is 0 Å². The van der Waals surface area contributed by atoms with Gasteiger partial charge < -0.3 is 5.32 Å². The van der Waals surface area contributed by atoms with Crippen molar-refractivity contribution in [1.82, 2.24) is 14.6 Å². The first-order valence-corrected chi connectivity index (χ1v) is 9.47. The molecular formula is C15H19N3O3S2. The van der Waals surface area contributed by atoms with Crippen molar-refractivity contribution in [2.24, 2.45) is 0 Å². The van der Waals surface area contributed by atoms with Gasteiger partial charge in [0.15, 0.2) is 0 Å². The maximum atomic E-state index is 12.2. The van der Waals surface area contributed by atoms with Crippen molar-refractivity contribution in [2.45, 2.75) is 23.6 Å². The van der Waals surface area contributed by atoms with Gasteiger partial charge in [-0.25, -0.2) is 12.7 Å². The molecular weight excluding hydrogens is 334 g/mol. The summed E-state index contributed by atoms with van der Waals surface area (Å²) >= 11 is 1.19. The van der Waals surface area contributed by atoms with Gasteiger partial charge in [-0.3, -0.25) is 9.78 Å². The first-order chi connectivity index (χ1) is 11.0. The van der Waals surface area contributed by atoms with E-state index in [0.717, 1.165) is 5.56 Å². The molecule has 1 N–H and O–H groups in total. The smallest absolute Gasteiger partial charge is 0.252 e. The third kappa shape index (κ3) is 5.12. The summed E-state index contributed by atoms with van der Waals surface area (Å²) in [5.41, 5.74) is 0.978. The van der Waals surface area contributed by atoms with Gasteiger partial charge in [0.25, 0.3) is 10.0 Å². The van der Waals surface area contributed by atoms with Gasteiger partial charge in [0, 0.05) is 39.0 Å². The molecule has 1 amide bonds. The number of carbonyl (C=O) groups is 1. The molecule has 0 saturated heterocycles. The molecule has 2 aromatic heterocycles. The SMILES string of the molecule is CN(CCCC(=O)NCc1ccncc1)S(=O)(=O)c1cccs1. The second-order valence-corrected chi connectivity index (χ2v) is 8.21. The van der Waals surface area contributed by atoms with Crippen LogP contribution in [0.3, 0.4) is 0 Å². The second-order valence-electron chi connectivity index (χ2n) is 4.99. The van der Waals surface area contributed by atoms with Gasteiger partial charge in [-0.15, -0.1) is 11.3 Å². The molecule has 2 rings (SSSR count). The number of thiophene rings is 1. The zero-order chi connectivity index (χ0) is 16.7.